The van der Waals surface area contributed by atoms with Crippen LogP contribution in [0.5, 0.6) is 17.2 Å². The second-order valence-electron chi connectivity index (χ2n) is 4.73. The van der Waals surface area contributed by atoms with Gasteiger partial charge in [-0.3, -0.25) is 0 Å². The van der Waals surface area contributed by atoms with Crippen LogP contribution < -0.4 is 13.3 Å². The zero-order valence-electron chi connectivity index (χ0n) is 12.3. The van der Waals surface area contributed by atoms with Crippen molar-refractivity contribution in [3.63, 3.8) is 0 Å². The average Bonchev–Trinajstić information content (AvgIpc) is 2.57. The Morgan fingerprint density at radius 3 is 1.00 bits per heavy atom. The first-order valence-corrected chi connectivity index (χ1v) is 8.75. The molecule has 0 heterocycles. The number of hydrogen-bond acceptors (Lipinski definition) is 3. The van der Waals surface area contributed by atoms with Gasteiger partial charge in [-0.2, -0.15) is 4.11 Å². The molecule has 3 aromatic carbocycles. The van der Waals surface area contributed by atoms with Crippen molar-refractivity contribution in [1.82, 2.24) is 0 Å². The number of halogens is 1. The monoisotopic (exact) mass is 326 g/mol. The van der Waals surface area contributed by atoms with Crippen LogP contribution in [-0.2, 0) is 0 Å². The van der Waals surface area contributed by atoms with Crippen molar-refractivity contribution in [2.75, 3.05) is 0 Å². The summed E-state index contributed by atoms with van der Waals surface area (Å²) >= 11 is 0. The first-order chi connectivity index (χ1) is 11.2. The van der Waals surface area contributed by atoms with E-state index in [0.29, 0.717) is 17.2 Å². The molecule has 0 bridgehead atoms. The molecule has 0 aliphatic rings. The van der Waals surface area contributed by atoms with Crippen LogP contribution in [0.4, 0.5) is 4.11 Å². The van der Waals surface area contributed by atoms with Crippen LogP contribution in [0, 0.1) is 0 Å². The lowest BCUT2D eigenvalue weighted by Gasteiger charge is -2.22. The van der Waals surface area contributed by atoms with Crippen LogP contribution in [0.15, 0.2) is 91.0 Å². The molecule has 0 spiro atoms. The third kappa shape index (κ3) is 4.34. The van der Waals surface area contributed by atoms with Crippen LogP contribution in [0.25, 0.3) is 0 Å². The van der Waals surface area contributed by atoms with E-state index in [2.05, 4.69) is 0 Å². The van der Waals surface area contributed by atoms with Crippen molar-refractivity contribution in [3.05, 3.63) is 91.0 Å². The Kier molecular flexibility index (Phi) is 4.59. The normalized spacial score (nSPS) is 10.8. The van der Waals surface area contributed by atoms with E-state index >= 15 is 4.11 Å². The summed E-state index contributed by atoms with van der Waals surface area (Å²) in [6.45, 7) is 0. The fraction of sp³-hybridized carbons (Fsp3) is 0. The summed E-state index contributed by atoms with van der Waals surface area (Å²) < 4.78 is 31.6. The molecule has 0 saturated heterocycles. The van der Waals surface area contributed by atoms with E-state index in [4.69, 9.17) is 13.3 Å². The molecule has 0 N–H and O–H groups in total. The van der Waals surface area contributed by atoms with Crippen LogP contribution in [-0.4, -0.2) is 9.14 Å². The van der Waals surface area contributed by atoms with Crippen molar-refractivity contribution in [2.45, 2.75) is 0 Å². The Labute approximate surface area is 135 Å². The lowest BCUT2D eigenvalue weighted by atomic mass is 10.3. The number of rotatable bonds is 6. The molecule has 0 saturated carbocycles. The highest BCUT2D eigenvalue weighted by Crippen LogP contribution is 2.24. The lowest BCUT2D eigenvalue weighted by Crippen LogP contribution is -2.50. The van der Waals surface area contributed by atoms with E-state index in [-0.39, 0.29) is 0 Å². The smallest absolute Gasteiger partial charge is 0.459 e. The van der Waals surface area contributed by atoms with Gasteiger partial charge < -0.3 is 13.3 Å². The van der Waals surface area contributed by atoms with Gasteiger partial charge >= 0.3 is 9.14 Å². The Morgan fingerprint density at radius 2 is 0.739 bits per heavy atom. The summed E-state index contributed by atoms with van der Waals surface area (Å²) in [5.74, 6) is 1.07. The average molecular weight is 326 g/mol. The summed E-state index contributed by atoms with van der Waals surface area (Å²) in [6.07, 6.45) is 0. The fourth-order valence-electron chi connectivity index (χ4n) is 1.95. The summed E-state index contributed by atoms with van der Waals surface area (Å²) in [7, 11) is -4.47. The fourth-order valence-corrected chi connectivity index (χ4v) is 3.33. The van der Waals surface area contributed by atoms with Crippen molar-refractivity contribution in [1.29, 1.82) is 0 Å². The molecule has 0 fully saturated rings. The van der Waals surface area contributed by atoms with Gasteiger partial charge in [-0.25, -0.2) is 0 Å². The van der Waals surface area contributed by atoms with Gasteiger partial charge in [0.1, 0.15) is 17.2 Å². The standard InChI is InChI=1S/C18H15FO3Si/c19-23(20-16-10-4-1-5-11-16,21-17-12-6-2-7-13-17)22-18-14-8-3-9-15-18/h1-15H. The van der Waals surface area contributed by atoms with E-state index in [0.717, 1.165) is 0 Å². The molecule has 0 aliphatic heterocycles. The van der Waals surface area contributed by atoms with Gasteiger partial charge in [0.25, 0.3) is 0 Å². The topological polar surface area (TPSA) is 27.7 Å². The van der Waals surface area contributed by atoms with Gasteiger partial charge in [-0.1, -0.05) is 54.6 Å². The molecule has 0 aliphatic carbocycles. The van der Waals surface area contributed by atoms with Crippen molar-refractivity contribution >= 4 is 9.14 Å². The highest BCUT2D eigenvalue weighted by Gasteiger charge is 2.54. The van der Waals surface area contributed by atoms with E-state index < -0.39 is 9.14 Å². The number of benzene rings is 3. The Hall–Kier alpha value is -2.79. The Morgan fingerprint density at radius 1 is 0.478 bits per heavy atom. The zero-order valence-corrected chi connectivity index (χ0v) is 13.3. The third-order valence-electron chi connectivity index (χ3n) is 2.95. The molecule has 3 aromatic rings. The third-order valence-corrected chi connectivity index (χ3v) is 4.39. The van der Waals surface area contributed by atoms with Crippen LogP contribution in [0.1, 0.15) is 0 Å². The molecule has 3 nitrogen and oxygen atoms in total. The van der Waals surface area contributed by atoms with Gasteiger partial charge in [0.2, 0.25) is 0 Å². The molecule has 5 heteroatoms. The second-order valence-corrected chi connectivity index (χ2v) is 6.30. The lowest BCUT2D eigenvalue weighted by molar-refractivity contribution is 0.199. The molecule has 23 heavy (non-hydrogen) atoms. The van der Waals surface area contributed by atoms with Crippen molar-refractivity contribution in [2.24, 2.45) is 0 Å². The van der Waals surface area contributed by atoms with E-state index in [1.54, 1.807) is 72.8 Å². The largest absolute Gasteiger partial charge is 0.936 e. The van der Waals surface area contributed by atoms with Crippen LogP contribution in [0.3, 0.4) is 0 Å². The van der Waals surface area contributed by atoms with Crippen LogP contribution >= 0.6 is 0 Å². The Balaban J connectivity index is 1.85. The zero-order chi connectivity index (χ0) is 16.0. The van der Waals surface area contributed by atoms with Gasteiger partial charge in [0.15, 0.2) is 0 Å². The first-order valence-electron chi connectivity index (χ1n) is 7.15. The highest BCUT2D eigenvalue weighted by molar-refractivity contribution is 6.55. The molecule has 0 atom stereocenters. The van der Waals surface area contributed by atoms with E-state index in [9.17, 15) is 0 Å². The molecule has 0 radical (unpaired) electrons. The molecular weight excluding hydrogens is 311 g/mol. The first kappa shape index (κ1) is 15.1. The summed E-state index contributed by atoms with van der Waals surface area (Å²) in [5.41, 5.74) is 0. The van der Waals surface area contributed by atoms with Gasteiger partial charge in [-0.05, 0) is 36.4 Å². The molecule has 3 rings (SSSR count). The van der Waals surface area contributed by atoms with Crippen molar-refractivity contribution < 1.29 is 17.4 Å². The second kappa shape index (κ2) is 6.98. The van der Waals surface area contributed by atoms with E-state index in [1.165, 1.54) is 0 Å². The van der Waals surface area contributed by atoms with Crippen LogP contribution in [0.2, 0.25) is 0 Å². The van der Waals surface area contributed by atoms with Gasteiger partial charge in [0, 0.05) is 0 Å². The predicted molar refractivity (Wildman–Crippen MR) is 88.1 cm³/mol. The minimum atomic E-state index is -4.47. The molecule has 0 aromatic heterocycles. The molecule has 0 amide bonds. The number of para-hydroxylation sites is 3. The molecule has 0 unspecified atom stereocenters. The SMILES string of the molecule is F[Si](Oc1ccccc1)(Oc1ccccc1)Oc1ccccc1. The minimum absolute atomic E-state index is 0.355. The molecular formula is C18H15FO3Si. The van der Waals surface area contributed by atoms with E-state index in [1.807, 2.05) is 18.2 Å². The predicted octanol–water partition coefficient (Wildman–Crippen LogP) is 4.63. The summed E-state index contributed by atoms with van der Waals surface area (Å²) in [4.78, 5) is 0. The maximum absolute atomic E-state index is 15.3. The summed E-state index contributed by atoms with van der Waals surface area (Å²) in [6, 6.07) is 26.0. The maximum atomic E-state index is 15.3. The maximum Gasteiger partial charge on any atom is 0.936 e. The van der Waals surface area contributed by atoms with Gasteiger partial charge in [0.05, 0.1) is 0 Å². The highest BCUT2D eigenvalue weighted by atomic mass is 28.4. The Bertz CT molecular complexity index is 622. The summed E-state index contributed by atoms with van der Waals surface area (Å²) in [5, 5.41) is 0. The van der Waals surface area contributed by atoms with Crippen molar-refractivity contribution in [3.8, 4) is 17.2 Å². The molecule has 116 valence electrons. The van der Waals surface area contributed by atoms with Gasteiger partial charge in [-0.15, -0.1) is 0 Å². The quantitative estimate of drug-likeness (QED) is 0.488. The minimum Gasteiger partial charge on any atom is -0.459 e. The number of hydrogen-bond donors (Lipinski definition) is 0.